The summed E-state index contributed by atoms with van der Waals surface area (Å²) in [5.74, 6) is 0. The molecular formula is C12H21N3. The third-order valence-corrected chi connectivity index (χ3v) is 2.62. The molecule has 0 aliphatic heterocycles. The van der Waals surface area contributed by atoms with Crippen LogP contribution in [0.15, 0.2) is 24.5 Å². The summed E-state index contributed by atoms with van der Waals surface area (Å²) in [6.45, 7) is 1.08. The van der Waals surface area contributed by atoms with Gasteiger partial charge in [0.25, 0.3) is 0 Å². The van der Waals surface area contributed by atoms with Crippen LogP contribution in [0.2, 0.25) is 0 Å². The quantitative estimate of drug-likeness (QED) is 0.719. The monoisotopic (exact) mass is 207 g/mol. The predicted octanol–water partition coefficient (Wildman–Crippen LogP) is 1.68. The normalized spacial score (nSPS) is 13.1. The molecule has 0 saturated heterocycles. The van der Waals surface area contributed by atoms with Crippen molar-refractivity contribution >= 4 is 0 Å². The van der Waals surface area contributed by atoms with Gasteiger partial charge in [-0.15, -0.1) is 0 Å². The van der Waals surface area contributed by atoms with Gasteiger partial charge in [0.1, 0.15) is 0 Å². The minimum Gasteiger partial charge on any atom is -0.320 e. The van der Waals surface area contributed by atoms with Gasteiger partial charge in [0.2, 0.25) is 0 Å². The Bertz CT molecular complexity index is 259. The maximum atomic E-state index is 4.05. The first-order valence-corrected chi connectivity index (χ1v) is 5.46. The number of pyridine rings is 1. The van der Waals surface area contributed by atoms with Crippen LogP contribution >= 0.6 is 0 Å². The average Bonchev–Trinajstić information content (AvgIpc) is 2.25. The Morgan fingerprint density at radius 3 is 2.53 bits per heavy atom. The molecule has 1 atom stereocenters. The number of hydrogen-bond donors (Lipinski definition) is 1. The molecule has 0 fully saturated rings. The van der Waals surface area contributed by atoms with E-state index in [1.54, 1.807) is 0 Å². The van der Waals surface area contributed by atoms with E-state index in [1.807, 2.05) is 19.4 Å². The van der Waals surface area contributed by atoms with Gasteiger partial charge in [-0.05, 0) is 58.2 Å². The van der Waals surface area contributed by atoms with Crippen molar-refractivity contribution in [3.05, 3.63) is 30.1 Å². The van der Waals surface area contributed by atoms with Crippen molar-refractivity contribution in [2.45, 2.75) is 18.9 Å². The van der Waals surface area contributed by atoms with Gasteiger partial charge in [-0.1, -0.05) is 0 Å². The molecule has 3 nitrogen and oxygen atoms in total. The molecule has 0 amide bonds. The van der Waals surface area contributed by atoms with Gasteiger partial charge in [-0.2, -0.15) is 0 Å². The fourth-order valence-corrected chi connectivity index (χ4v) is 1.78. The zero-order valence-electron chi connectivity index (χ0n) is 9.90. The number of rotatable bonds is 6. The van der Waals surface area contributed by atoms with E-state index in [9.17, 15) is 0 Å². The third kappa shape index (κ3) is 3.98. The SMILES string of the molecule is CNCCCC(c1ccncc1)N(C)C. The number of aromatic nitrogens is 1. The van der Waals surface area contributed by atoms with Gasteiger partial charge < -0.3 is 10.2 Å². The topological polar surface area (TPSA) is 28.2 Å². The Morgan fingerprint density at radius 2 is 2.00 bits per heavy atom. The summed E-state index contributed by atoms with van der Waals surface area (Å²) in [5.41, 5.74) is 1.35. The molecule has 0 bridgehead atoms. The first kappa shape index (κ1) is 12.1. The van der Waals surface area contributed by atoms with Crippen LogP contribution in [0.4, 0.5) is 0 Å². The van der Waals surface area contributed by atoms with Crippen molar-refractivity contribution in [1.29, 1.82) is 0 Å². The highest BCUT2D eigenvalue weighted by Gasteiger charge is 2.12. The van der Waals surface area contributed by atoms with Crippen molar-refractivity contribution in [3.8, 4) is 0 Å². The predicted molar refractivity (Wildman–Crippen MR) is 63.8 cm³/mol. The van der Waals surface area contributed by atoms with Crippen LogP contribution in [-0.2, 0) is 0 Å². The van der Waals surface area contributed by atoms with E-state index >= 15 is 0 Å². The summed E-state index contributed by atoms with van der Waals surface area (Å²) in [6, 6.07) is 4.70. The van der Waals surface area contributed by atoms with Crippen molar-refractivity contribution in [3.63, 3.8) is 0 Å². The molecule has 84 valence electrons. The Kier molecular flexibility index (Phi) is 5.29. The second-order valence-corrected chi connectivity index (χ2v) is 4.01. The van der Waals surface area contributed by atoms with Gasteiger partial charge >= 0.3 is 0 Å². The van der Waals surface area contributed by atoms with E-state index in [0.717, 1.165) is 6.54 Å². The lowest BCUT2D eigenvalue weighted by Crippen LogP contribution is -2.21. The van der Waals surface area contributed by atoms with E-state index in [2.05, 4.69) is 41.4 Å². The van der Waals surface area contributed by atoms with Crippen LogP contribution in [0.5, 0.6) is 0 Å². The second kappa shape index (κ2) is 6.53. The lowest BCUT2D eigenvalue weighted by molar-refractivity contribution is 0.279. The molecule has 1 rings (SSSR count). The van der Waals surface area contributed by atoms with E-state index < -0.39 is 0 Å². The fraction of sp³-hybridized carbons (Fsp3) is 0.583. The van der Waals surface area contributed by atoms with Crippen LogP contribution in [-0.4, -0.2) is 37.6 Å². The molecule has 0 aliphatic carbocycles. The minimum absolute atomic E-state index is 0.501. The van der Waals surface area contributed by atoms with E-state index in [4.69, 9.17) is 0 Å². The maximum absolute atomic E-state index is 4.05. The summed E-state index contributed by atoms with van der Waals surface area (Å²) in [4.78, 5) is 6.32. The van der Waals surface area contributed by atoms with Crippen LogP contribution in [0.1, 0.15) is 24.4 Å². The minimum atomic E-state index is 0.501. The first-order chi connectivity index (χ1) is 7.25. The second-order valence-electron chi connectivity index (χ2n) is 4.01. The number of hydrogen-bond acceptors (Lipinski definition) is 3. The Hall–Kier alpha value is -0.930. The van der Waals surface area contributed by atoms with E-state index in [0.29, 0.717) is 6.04 Å². The lowest BCUT2D eigenvalue weighted by atomic mass is 10.0. The molecule has 1 aromatic heterocycles. The van der Waals surface area contributed by atoms with Crippen molar-refractivity contribution < 1.29 is 0 Å². The largest absolute Gasteiger partial charge is 0.320 e. The molecule has 1 N–H and O–H groups in total. The highest BCUT2D eigenvalue weighted by atomic mass is 15.1. The van der Waals surface area contributed by atoms with Gasteiger partial charge in [-0.25, -0.2) is 0 Å². The van der Waals surface area contributed by atoms with E-state index in [1.165, 1.54) is 18.4 Å². The molecular weight excluding hydrogens is 186 g/mol. The maximum Gasteiger partial charge on any atom is 0.0343 e. The zero-order chi connectivity index (χ0) is 11.1. The molecule has 0 spiro atoms. The number of nitrogens with one attached hydrogen (secondary N) is 1. The Labute approximate surface area is 92.5 Å². The molecule has 0 aliphatic rings. The van der Waals surface area contributed by atoms with Crippen LogP contribution in [0.25, 0.3) is 0 Å². The average molecular weight is 207 g/mol. The molecule has 0 radical (unpaired) electrons. The van der Waals surface area contributed by atoms with Crippen molar-refractivity contribution in [2.75, 3.05) is 27.7 Å². The highest BCUT2D eigenvalue weighted by Crippen LogP contribution is 2.22. The molecule has 0 aromatic carbocycles. The van der Waals surface area contributed by atoms with Gasteiger partial charge in [-0.3, -0.25) is 4.98 Å². The summed E-state index contributed by atoms with van der Waals surface area (Å²) >= 11 is 0. The van der Waals surface area contributed by atoms with Crippen LogP contribution < -0.4 is 5.32 Å². The summed E-state index contributed by atoms with van der Waals surface area (Å²) in [5, 5.41) is 3.18. The third-order valence-electron chi connectivity index (χ3n) is 2.62. The standard InChI is InChI=1S/C12H21N3/c1-13-8-4-5-12(15(2)3)11-6-9-14-10-7-11/h6-7,9-10,12-13H,4-5,8H2,1-3H3. The Balaban J connectivity index is 2.58. The highest BCUT2D eigenvalue weighted by molar-refractivity contribution is 5.14. The smallest absolute Gasteiger partial charge is 0.0343 e. The van der Waals surface area contributed by atoms with Gasteiger partial charge in [0.15, 0.2) is 0 Å². The molecule has 1 unspecified atom stereocenters. The molecule has 15 heavy (non-hydrogen) atoms. The summed E-state index contributed by atoms with van der Waals surface area (Å²) < 4.78 is 0. The lowest BCUT2D eigenvalue weighted by Gasteiger charge is -2.24. The van der Waals surface area contributed by atoms with Crippen molar-refractivity contribution in [2.24, 2.45) is 0 Å². The summed E-state index contributed by atoms with van der Waals surface area (Å²) in [6.07, 6.45) is 6.10. The van der Waals surface area contributed by atoms with E-state index in [-0.39, 0.29) is 0 Å². The zero-order valence-corrected chi connectivity index (χ0v) is 9.90. The molecule has 1 heterocycles. The van der Waals surface area contributed by atoms with Gasteiger partial charge in [0, 0.05) is 18.4 Å². The first-order valence-electron chi connectivity index (χ1n) is 5.46. The van der Waals surface area contributed by atoms with Crippen molar-refractivity contribution in [1.82, 2.24) is 15.2 Å². The van der Waals surface area contributed by atoms with Crippen LogP contribution in [0.3, 0.4) is 0 Å². The Morgan fingerprint density at radius 1 is 1.33 bits per heavy atom. The summed E-state index contributed by atoms with van der Waals surface area (Å²) in [7, 11) is 6.26. The van der Waals surface area contributed by atoms with Gasteiger partial charge in [0.05, 0.1) is 0 Å². The van der Waals surface area contributed by atoms with Crippen LogP contribution in [0, 0.1) is 0 Å². The number of nitrogens with zero attached hydrogens (tertiary/aromatic N) is 2. The fourth-order valence-electron chi connectivity index (χ4n) is 1.78. The molecule has 3 heteroatoms. The molecule has 1 aromatic rings. The molecule has 0 saturated carbocycles.